The molecule has 0 aromatic heterocycles. The Morgan fingerprint density at radius 3 is 1.96 bits per heavy atom. The molecule has 0 radical (unpaired) electrons. The Morgan fingerprint density at radius 2 is 1.46 bits per heavy atom. The summed E-state index contributed by atoms with van der Waals surface area (Å²) in [6, 6.07) is 0. The molecule has 0 aromatic rings. The first-order valence-electron chi connectivity index (χ1n) is 11.5. The van der Waals surface area contributed by atoms with Crippen LogP contribution in [-0.4, -0.2) is 85.4 Å². The summed E-state index contributed by atoms with van der Waals surface area (Å²) in [6.45, 7) is 14.5. The van der Waals surface area contributed by atoms with Gasteiger partial charge in [0.1, 0.15) is 0 Å². The van der Waals surface area contributed by atoms with E-state index in [1.54, 1.807) is 0 Å². The molecule has 2 amide bonds. The predicted octanol–water partition coefficient (Wildman–Crippen LogP) is 1.66. The number of nitrogens with zero attached hydrogens (tertiary/aromatic N) is 3. The normalized spacial score (nSPS) is 23.3. The maximum Gasteiger partial charge on any atom is 0.236 e. The van der Waals surface area contributed by atoms with Crippen molar-refractivity contribution in [3.63, 3.8) is 0 Å². The fourth-order valence-electron chi connectivity index (χ4n) is 5.20. The summed E-state index contributed by atoms with van der Waals surface area (Å²) in [5, 5.41) is 3.13. The third-order valence-corrected chi connectivity index (χ3v) is 6.87. The van der Waals surface area contributed by atoms with E-state index in [2.05, 4.69) is 29.0 Å². The quantitative estimate of drug-likeness (QED) is 0.716. The number of piperidine rings is 2. The second kappa shape index (κ2) is 10.1. The molecular formula is C22H40N4O2. The van der Waals surface area contributed by atoms with E-state index in [0.29, 0.717) is 18.4 Å². The van der Waals surface area contributed by atoms with E-state index in [-0.39, 0.29) is 11.8 Å². The fraction of sp³-hybridized carbons (Fsp3) is 0.909. The van der Waals surface area contributed by atoms with Gasteiger partial charge in [-0.15, -0.1) is 0 Å². The minimum absolute atomic E-state index is 0.237. The van der Waals surface area contributed by atoms with Gasteiger partial charge in [0.2, 0.25) is 11.8 Å². The maximum atomic E-state index is 12.7. The molecule has 3 fully saturated rings. The van der Waals surface area contributed by atoms with Crippen molar-refractivity contribution >= 4 is 11.8 Å². The van der Waals surface area contributed by atoms with Crippen molar-refractivity contribution in [3.8, 4) is 0 Å². The van der Waals surface area contributed by atoms with Gasteiger partial charge < -0.3 is 20.0 Å². The van der Waals surface area contributed by atoms with Crippen molar-refractivity contribution in [3.05, 3.63) is 0 Å². The average Bonchev–Trinajstić information content (AvgIpc) is 2.68. The molecule has 160 valence electrons. The number of hydrogen-bond acceptors (Lipinski definition) is 4. The van der Waals surface area contributed by atoms with E-state index in [4.69, 9.17) is 0 Å². The Kier molecular flexibility index (Phi) is 7.75. The fourth-order valence-corrected chi connectivity index (χ4v) is 5.20. The number of likely N-dealkylation sites (N-methyl/N-ethyl adjacent to an activating group) is 1. The van der Waals surface area contributed by atoms with E-state index in [0.717, 1.165) is 89.9 Å². The van der Waals surface area contributed by atoms with E-state index in [1.807, 2.05) is 11.8 Å². The molecule has 3 rings (SSSR count). The van der Waals surface area contributed by atoms with Crippen molar-refractivity contribution in [1.82, 2.24) is 20.0 Å². The highest BCUT2D eigenvalue weighted by Gasteiger charge is 2.37. The van der Waals surface area contributed by atoms with Crippen LogP contribution in [0, 0.1) is 23.7 Å². The molecule has 3 saturated heterocycles. The SMILES string of the molecule is CCNCC(=O)N1CCC(C2CCN(C(=O)C3CN(CC(C)C)C3)CC2)CC1. The van der Waals surface area contributed by atoms with Crippen LogP contribution in [0.3, 0.4) is 0 Å². The van der Waals surface area contributed by atoms with Crippen LogP contribution in [0.25, 0.3) is 0 Å². The molecule has 3 aliphatic heterocycles. The molecule has 0 unspecified atom stereocenters. The molecule has 6 heteroatoms. The van der Waals surface area contributed by atoms with Crippen LogP contribution in [0.1, 0.15) is 46.5 Å². The van der Waals surface area contributed by atoms with Crippen LogP contribution >= 0.6 is 0 Å². The largest absolute Gasteiger partial charge is 0.342 e. The Labute approximate surface area is 171 Å². The topological polar surface area (TPSA) is 55.9 Å². The van der Waals surface area contributed by atoms with Gasteiger partial charge in [-0.2, -0.15) is 0 Å². The average molecular weight is 393 g/mol. The van der Waals surface area contributed by atoms with Gasteiger partial charge >= 0.3 is 0 Å². The van der Waals surface area contributed by atoms with Crippen LogP contribution in [0.4, 0.5) is 0 Å². The lowest BCUT2D eigenvalue weighted by Crippen LogP contribution is -2.56. The maximum absolute atomic E-state index is 12.7. The van der Waals surface area contributed by atoms with Gasteiger partial charge in [0.25, 0.3) is 0 Å². The standard InChI is InChI=1S/C22H40N4O2/c1-4-23-13-21(27)25-9-5-18(6-10-25)19-7-11-26(12-8-19)22(28)20-15-24(16-20)14-17(2)3/h17-20,23H,4-16H2,1-3H3. The Hall–Kier alpha value is -1.14. The molecular weight excluding hydrogens is 352 g/mol. The van der Waals surface area contributed by atoms with Gasteiger partial charge in [-0.25, -0.2) is 0 Å². The highest BCUT2D eigenvalue weighted by Crippen LogP contribution is 2.33. The van der Waals surface area contributed by atoms with E-state index < -0.39 is 0 Å². The number of hydrogen-bond donors (Lipinski definition) is 1. The lowest BCUT2D eigenvalue weighted by Gasteiger charge is -2.44. The molecule has 1 N–H and O–H groups in total. The zero-order chi connectivity index (χ0) is 20.1. The number of nitrogens with one attached hydrogen (secondary N) is 1. The Balaban J connectivity index is 1.35. The van der Waals surface area contributed by atoms with Crippen molar-refractivity contribution in [1.29, 1.82) is 0 Å². The molecule has 3 heterocycles. The van der Waals surface area contributed by atoms with Crippen molar-refractivity contribution < 1.29 is 9.59 Å². The predicted molar refractivity (Wildman–Crippen MR) is 112 cm³/mol. The highest BCUT2D eigenvalue weighted by atomic mass is 16.2. The smallest absolute Gasteiger partial charge is 0.236 e. The van der Waals surface area contributed by atoms with Crippen molar-refractivity contribution in [2.45, 2.75) is 46.5 Å². The van der Waals surface area contributed by atoms with Gasteiger partial charge in [0, 0.05) is 45.8 Å². The minimum Gasteiger partial charge on any atom is -0.342 e. The van der Waals surface area contributed by atoms with Crippen LogP contribution in [-0.2, 0) is 9.59 Å². The third-order valence-electron chi connectivity index (χ3n) is 6.87. The molecule has 0 atom stereocenters. The van der Waals surface area contributed by atoms with E-state index in [1.165, 1.54) is 0 Å². The summed E-state index contributed by atoms with van der Waals surface area (Å²) in [7, 11) is 0. The molecule has 3 aliphatic rings. The number of carbonyl (C=O) groups is 2. The molecule has 0 saturated carbocycles. The summed E-state index contributed by atoms with van der Waals surface area (Å²) in [6.07, 6.45) is 4.54. The summed E-state index contributed by atoms with van der Waals surface area (Å²) >= 11 is 0. The zero-order valence-corrected chi connectivity index (χ0v) is 18.2. The first-order valence-corrected chi connectivity index (χ1v) is 11.5. The molecule has 0 aromatic carbocycles. The van der Waals surface area contributed by atoms with Gasteiger partial charge in [-0.05, 0) is 50.0 Å². The zero-order valence-electron chi connectivity index (χ0n) is 18.2. The summed E-state index contributed by atoms with van der Waals surface area (Å²) in [5.41, 5.74) is 0. The second-order valence-electron chi connectivity index (χ2n) is 9.47. The Morgan fingerprint density at radius 1 is 0.929 bits per heavy atom. The van der Waals surface area contributed by atoms with E-state index >= 15 is 0 Å². The molecule has 6 nitrogen and oxygen atoms in total. The number of amides is 2. The summed E-state index contributed by atoms with van der Waals surface area (Å²) in [5.74, 6) is 3.01. The molecule has 0 bridgehead atoms. The monoisotopic (exact) mass is 392 g/mol. The van der Waals surface area contributed by atoms with Crippen molar-refractivity contribution in [2.75, 3.05) is 58.9 Å². The second-order valence-corrected chi connectivity index (χ2v) is 9.47. The van der Waals surface area contributed by atoms with Crippen LogP contribution < -0.4 is 5.32 Å². The van der Waals surface area contributed by atoms with Gasteiger partial charge in [-0.3, -0.25) is 9.59 Å². The summed E-state index contributed by atoms with van der Waals surface area (Å²) in [4.78, 5) is 31.5. The first-order chi connectivity index (χ1) is 13.5. The van der Waals surface area contributed by atoms with Gasteiger partial charge in [-0.1, -0.05) is 20.8 Å². The number of rotatable bonds is 7. The minimum atomic E-state index is 0.237. The first kappa shape index (κ1) is 21.6. The Bertz CT molecular complexity index is 517. The van der Waals surface area contributed by atoms with Gasteiger partial charge in [0.15, 0.2) is 0 Å². The molecule has 28 heavy (non-hydrogen) atoms. The summed E-state index contributed by atoms with van der Waals surface area (Å²) < 4.78 is 0. The molecule has 0 spiro atoms. The van der Waals surface area contributed by atoms with Crippen LogP contribution in [0.15, 0.2) is 0 Å². The van der Waals surface area contributed by atoms with E-state index in [9.17, 15) is 9.59 Å². The van der Waals surface area contributed by atoms with Crippen LogP contribution in [0.5, 0.6) is 0 Å². The van der Waals surface area contributed by atoms with Gasteiger partial charge in [0.05, 0.1) is 12.5 Å². The lowest BCUT2D eigenvalue weighted by molar-refractivity contribution is -0.143. The lowest BCUT2D eigenvalue weighted by atomic mass is 9.78. The third kappa shape index (κ3) is 5.47. The van der Waals surface area contributed by atoms with Crippen LogP contribution in [0.2, 0.25) is 0 Å². The highest BCUT2D eigenvalue weighted by molar-refractivity contribution is 5.80. The molecule has 0 aliphatic carbocycles. The number of carbonyl (C=O) groups excluding carboxylic acids is 2. The van der Waals surface area contributed by atoms with Crippen molar-refractivity contribution in [2.24, 2.45) is 23.7 Å². The number of likely N-dealkylation sites (tertiary alicyclic amines) is 3.